The average Bonchev–Trinajstić information content (AvgIpc) is 4.01. The van der Waals surface area contributed by atoms with Gasteiger partial charge >= 0.3 is 19.5 Å². The first-order chi connectivity index (χ1) is 33.1. The summed E-state index contributed by atoms with van der Waals surface area (Å²) in [7, 11) is -0.577. The molecule has 1 aliphatic heterocycles. The molecule has 20 heteroatoms. The molecule has 358 valence electrons. The van der Waals surface area contributed by atoms with E-state index in [9.17, 15) is 35.9 Å². The number of Topliss-reactive ketones (excluding diaryl/α,β-unsaturated/α-hetero) is 2. The maximum absolute atomic E-state index is 13.1. The van der Waals surface area contributed by atoms with Gasteiger partial charge < -0.3 is 9.31 Å². The zero-order chi connectivity index (χ0) is 49.8. The van der Waals surface area contributed by atoms with Crippen LogP contribution in [0.3, 0.4) is 0 Å². The number of fused-ring (bicyclic) bond motifs is 4. The van der Waals surface area contributed by atoms with Crippen molar-refractivity contribution in [2.75, 3.05) is 0 Å². The lowest BCUT2D eigenvalue weighted by atomic mass is 9.79. The van der Waals surface area contributed by atoms with Gasteiger partial charge in [-0.2, -0.15) is 36.5 Å². The molecule has 0 radical (unpaired) electrons. The molecular formula is C50H42BClF6N8O4. The predicted molar refractivity (Wildman–Crippen MR) is 250 cm³/mol. The lowest BCUT2D eigenvalue weighted by Crippen LogP contribution is -2.41. The minimum Gasteiger partial charge on any atom is -0.399 e. The van der Waals surface area contributed by atoms with Gasteiger partial charge in [0.2, 0.25) is 0 Å². The van der Waals surface area contributed by atoms with Crippen LogP contribution in [-0.2, 0) is 34.5 Å². The molecule has 0 spiro atoms. The summed E-state index contributed by atoms with van der Waals surface area (Å²) in [5, 5.41) is 10.4. The molecule has 8 aromatic rings. The van der Waals surface area contributed by atoms with Gasteiger partial charge in [-0.25, -0.2) is 29.3 Å². The van der Waals surface area contributed by atoms with E-state index in [1.165, 1.54) is 33.6 Å². The summed E-state index contributed by atoms with van der Waals surface area (Å²) in [5.74, 6) is 0.331. The Morgan fingerprint density at radius 2 is 1.09 bits per heavy atom. The molecule has 1 saturated heterocycles. The van der Waals surface area contributed by atoms with Crippen LogP contribution in [0.5, 0.6) is 0 Å². The van der Waals surface area contributed by atoms with Crippen molar-refractivity contribution < 1.29 is 45.2 Å². The number of carbonyl (C=O) groups excluding carboxylic acids is 2. The van der Waals surface area contributed by atoms with Gasteiger partial charge in [0.1, 0.15) is 27.9 Å². The van der Waals surface area contributed by atoms with E-state index in [0.29, 0.717) is 46.1 Å². The highest BCUT2D eigenvalue weighted by Crippen LogP contribution is 2.37. The van der Waals surface area contributed by atoms with E-state index in [1.54, 1.807) is 24.5 Å². The summed E-state index contributed by atoms with van der Waals surface area (Å²) < 4.78 is 93.1. The van der Waals surface area contributed by atoms with E-state index in [2.05, 4.69) is 30.1 Å². The van der Waals surface area contributed by atoms with E-state index >= 15 is 0 Å². The standard InChI is InChI=1S/C22H15F3N4O.C19H19BF3N3O2.C9H8ClNO/c23-22(24,25)19-5-2-6-20(28-19)29-17-11-14(7-8-15(17)12-26-29)16-10-9-13-3-1-4-18(30)21(13)27-16;1-17(2)18(3,4)28-20(27-17)13-9-8-12-11-24-26(14(12)10-13)16-7-5-6-15(25-16)19(21,22)23;10-8-5-4-6-2-1-3-7(12)9(6)11-8/h2,5-12H,1,3-4H2;5-11H,1-4H3;4-5H,1-3H2. The van der Waals surface area contributed by atoms with Gasteiger partial charge in [0.05, 0.1) is 40.3 Å². The zero-order valence-corrected chi connectivity index (χ0v) is 38.8. The van der Waals surface area contributed by atoms with Crippen molar-refractivity contribution in [2.45, 2.75) is 89.8 Å². The zero-order valence-electron chi connectivity index (χ0n) is 38.1. The molecule has 0 N–H and O–H groups in total. The maximum atomic E-state index is 13.1. The van der Waals surface area contributed by atoms with Crippen LogP contribution >= 0.6 is 11.6 Å². The first-order valence-electron chi connectivity index (χ1n) is 22.3. The molecular weight excluding hydrogens is 937 g/mol. The van der Waals surface area contributed by atoms with Crippen LogP contribution in [0.4, 0.5) is 26.3 Å². The molecule has 2 aliphatic carbocycles. The third-order valence-electron chi connectivity index (χ3n) is 12.6. The number of nitrogens with zero attached hydrogens (tertiary/aromatic N) is 8. The molecule has 0 bridgehead atoms. The van der Waals surface area contributed by atoms with E-state index in [1.807, 2.05) is 76.2 Å². The number of aryl methyl sites for hydroxylation is 2. The summed E-state index contributed by atoms with van der Waals surface area (Å²) in [6.07, 6.45) is -1.23. The SMILES string of the molecule is CC1(C)OB(c2ccc3cnn(-c4cccc(C(F)(F)F)n4)c3c2)OC1(C)C.O=C1CCCc2ccc(-c3ccc4cnn(-c5cccc(C(F)(F)F)n5)c4c3)nc21.O=C1CCCc2ccc(Cl)nc21. The number of rotatable bonds is 4. The third kappa shape index (κ3) is 9.82. The Hall–Kier alpha value is -6.83. The Balaban J connectivity index is 0.000000141. The predicted octanol–water partition coefficient (Wildman–Crippen LogP) is 11.0. The van der Waals surface area contributed by atoms with Crippen LogP contribution < -0.4 is 5.46 Å². The van der Waals surface area contributed by atoms with E-state index in [-0.39, 0.29) is 23.2 Å². The summed E-state index contributed by atoms with van der Waals surface area (Å²) in [4.78, 5) is 39.5. The molecule has 7 heterocycles. The highest BCUT2D eigenvalue weighted by molar-refractivity contribution is 6.62. The summed E-state index contributed by atoms with van der Waals surface area (Å²) in [6.45, 7) is 7.84. The van der Waals surface area contributed by atoms with Crippen LogP contribution in [0.15, 0.2) is 109 Å². The lowest BCUT2D eigenvalue weighted by Gasteiger charge is -2.32. The summed E-state index contributed by atoms with van der Waals surface area (Å²) >= 11 is 5.68. The number of carbonyl (C=O) groups is 2. The molecule has 3 aliphatic rings. The molecule has 0 unspecified atom stereocenters. The van der Waals surface area contributed by atoms with Crippen LogP contribution in [0, 0.1) is 0 Å². The molecule has 70 heavy (non-hydrogen) atoms. The van der Waals surface area contributed by atoms with E-state index in [4.69, 9.17) is 20.9 Å². The number of hydrogen-bond donors (Lipinski definition) is 0. The topological polar surface area (TPSA) is 140 Å². The van der Waals surface area contributed by atoms with Gasteiger partial charge in [0, 0.05) is 29.2 Å². The van der Waals surface area contributed by atoms with Crippen molar-refractivity contribution >= 4 is 57.6 Å². The fourth-order valence-electron chi connectivity index (χ4n) is 8.22. The Bertz CT molecular complexity index is 3300. The van der Waals surface area contributed by atoms with E-state index in [0.717, 1.165) is 70.7 Å². The fraction of sp³-hybridized carbons (Fsp3) is 0.280. The number of halogens is 7. The second-order valence-corrected chi connectivity index (χ2v) is 18.3. The largest absolute Gasteiger partial charge is 0.494 e. The van der Waals surface area contributed by atoms with Crippen molar-refractivity contribution in [1.82, 2.24) is 39.5 Å². The third-order valence-corrected chi connectivity index (χ3v) is 12.8. The molecule has 0 amide bonds. The van der Waals surface area contributed by atoms with Crippen LogP contribution in [0.2, 0.25) is 5.15 Å². The Labute approximate surface area is 402 Å². The first kappa shape index (κ1) is 48.2. The van der Waals surface area contributed by atoms with Crippen molar-refractivity contribution in [1.29, 1.82) is 0 Å². The normalized spacial score (nSPS) is 16.3. The number of aromatic nitrogens is 8. The van der Waals surface area contributed by atoms with Crippen molar-refractivity contribution in [3.05, 3.63) is 149 Å². The van der Waals surface area contributed by atoms with Crippen molar-refractivity contribution in [3.63, 3.8) is 0 Å². The van der Waals surface area contributed by atoms with Crippen LogP contribution in [0.25, 0.3) is 44.7 Å². The molecule has 2 aromatic carbocycles. The fourth-order valence-corrected chi connectivity index (χ4v) is 8.36. The van der Waals surface area contributed by atoms with E-state index < -0.39 is 42.1 Å². The van der Waals surface area contributed by atoms with Gasteiger partial charge in [0.25, 0.3) is 0 Å². The Kier molecular flexibility index (Phi) is 12.7. The molecule has 0 saturated carbocycles. The highest BCUT2D eigenvalue weighted by Gasteiger charge is 2.51. The monoisotopic (exact) mass is 978 g/mol. The number of hydrogen-bond acceptors (Lipinski definition) is 10. The average molecular weight is 979 g/mol. The number of alkyl halides is 6. The Morgan fingerprint density at radius 1 is 0.586 bits per heavy atom. The smallest absolute Gasteiger partial charge is 0.399 e. The van der Waals surface area contributed by atoms with Crippen molar-refractivity contribution in [3.8, 4) is 22.9 Å². The molecule has 6 aromatic heterocycles. The van der Waals surface area contributed by atoms with Gasteiger partial charge in [0.15, 0.2) is 23.2 Å². The second kappa shape index (κ2) is 18.5. The highest BCUT2D eigenvalue weighted by atomic mass is 35.5. The van der Waals surface area contributed by atoms with Crippen LogP contribution in [-0.4, -0.2) is 69.4 Å². The summed E-state index contributed by atoms with van der Waals surface area (Å²) in [6, 6.07) is 25.9. The molecule has 0 atom stereocenters. The number of pyridine rings is 4. The van der Waals surface area contributed by atoms with Gasteiger partial charge in [-0.1, -0.05) is 60.1 Å². The van der Waals surface area contributed by atoms with Gasteiger partial charge in [-0.05, 0) is 118 Å². The minimum absolute atomic E-state index is 0.0392. The van der Waals surface area contributed by atoms with Gasteiger partial charge in [-0.15, -0.1) is 0 Å². The molecule has 11 rings (SSSR count). The van der Waals surface area contributed by atoms with Crippen molar-refractivity contribution in [2.24, 2.45) is 0 Å². The first-order valence-corrected chi connectivity index (χ1v) is 22.7. The molecule has 12 nitrogen and oxygen atoms in total. The maximum Gasteiger partial charge on any atom is 0.494 e. The minimum atomic E-state index is -4.54. The van der Waals surface area contributed by atoms with Crippen LogP contribution in [0.1, 0.15) is 96.9 Å². The summed E-state index contributed by atoms with van der Waals surface area (Å²) in [5.41, 5.74) is 3.53. The lowest BCUT2D eigenvalue weighted by molar-refractivity contribution is -0.141. The second-order valence-electron chi connectivity index (χ2n) is 17.9. The Morgan fingerprint density at radius 3 is 1.63 bits per heavy atom. The van der Waals surface area contributed by atoms with Gasteiger partial charge in [-0.3, -0.25) is 9.59 Å². The number of ketones is 2. The quantitative estimate of drug-likeness (QED) is 0.0951. The number of benzene rings is 2. The molecule has 1 fully saturated rings.